The molecule has 68 valence electrons. The summed E-state index contributed by atoms with van der Waals surface area (Å²) >= 11 is 3.40. The van der Waals surface area contributed by atoms with E-state index in [0.717, 1.165) is 29.3 Å². The lowest BCUT2D eigenvalue weighted by molar-refractivity contribution is 0.600. The lowest BCUT2D eigenvalue weighted by Crippen LogP contribution is -2.00. The Morgan fingerprint density at radius 2 is 2.15 bits per heavy atom. The first-order valence-electron chi connectivity index (χ1n) is 4.26. The van der Waals surface area contributed by atoms with Crippen LogP contribution in [0.2, 0.25) is 0 Å². The molecule has 0 aliphatic heterocycles. The molecule has 0 N–H and O–H groups in total. The smallest absolute Gasteiger partial charge is 0.113 e. The predicted molar refractivity (Wildman–Crippen MR) is 55.9 cm³/mol. The van der Waals surface area contributed by atoms with Gasteiger partial charge < -0.3 is 0 Å². The molecule has 0 amide bonds. The molecular weight excluding hydrogens is 230 g/mol. The van der Waals surface area contributed by atoms with Gasteiger partial charge >= 0.3 is 0 Å². The Morgan fingerprint density at radius 3 is 3.00 bits per heavy atom. The normalized spacial score (nSPS) is 10.8. The zero-order valence-electron chi connectivity index (χ0n) is 7.15. The second kappa shape index (κ2) is 3.87. The van der Waals surface area contributed by atoms with Crippen molar-refractivity contribution in [1.82, 2.24) is 15.0 Å². The van der Waals surface area contributed by atoms with Crippen LogP contribution in [0.25, 0.3) is 11.0 Å². The molecule has 2 rings (SSSR count). The number of fused-ring (bicyclic) bond motifs is 1. The van der Waals surface area contributed by atoms with Gasteiger partial charge in [0.15, 0.2) is 0 Å². The van der Waals surface area contributed by atoms with E-state index in [-0.39, 0.29) is 0 Å². The Kier molecular flexibility index (Phi) is 2.59. The fourth-order valence-electron chi connectivity index (χ4n) is 1.29. The Morgan fingerprint density at radius 1 is 1.31 bits per heavy atom. The van der Waals surface area contributed by atoms with E-state index >= 15 is 0 Å². The molecule has 0 spiro atoms. The molecule has 0 radical (unpaired) electrons. The SMILES string of the molecule is BrCCCn1nnc2ccccc21. The summed E-state index contributed by atoms with van der Waals surface area (Å²) in [6, 6.07) is 8.01. The summed E-state index contributed by atoms with van der Waals surface area (Å²) in [5, 5.41) is 9.15. The minimum Gasteiger partial charge on any atom is -0.245 e. The highest BCUT2D eigenvalue weighted by molar-refractivity contribution is 9.09. The molecule has 0 aliphatic carbocycles. The van der Waals surface area contributed by atoms with E-state index in [9.17, 15) is 0 Å². The summed E-state index contributed by atoms with van der Waals surface area (Å²) in [6.45, 7) is 0.922. The van der Waals surface area contributed by atoms with Crippen LogP contribution in [-0.2, 0) is 6.54 Å². The summed E-state index contributed by atoms with van der Waals surface area (Å²) in [7, 11) is 0. The summed E-state index contributed by atoms with van der Waals surface area (Å²) in [5.74, 6) is 0. The van der Waals surface area contributed by atoms with Crippen molar-refractivity contribution in [2.24, 2.45) is 0 Å². The van der Waals surface area contributed by atoms with Crippen LogP contribution in [0, 0.1) is 0 Å². The first-order chi connectivity index (χ1) is 6.42. The first-order valence-corrected chi connectivity index (χ1v) is 5.38. The Hall–Kier alpha value is -0.900. The topological polar surface area (TPSA) is 30.7 Å². The van der Waals surface area contributed by atoms with Crippen molar-refractivity contribution in [2.75, 3.05) is 5.33 Å². The van der Waals surface area contributed by atoms with Crippen LogP contribution in [0.1, 0.15) is 6.42 Å². The van der Waals surface area contributed by atoms with Gasteiger partial charge in [-0.25, -0.2) is 4.68 Å². The Balaban J connectivity index is 2.35. The highest BCUT2D eigenvalue weighted by Gasteiger charge is 2.01. The zero-order valence-corrected chi connectivity index (χ0v) is 8.74. The number of halogens is 1. The van der Waals surface area contributed by atoms with Gasteiger partial charge in [-0.15, -0.1) is 5.10 Å². The summed E-state index contributed by atoms with van der Waals surface area (Å²) in [4.78, 5) is 0. The average molecular weight is 240 g/mol. The molecule has 0 fully saturated rings. The lowest BCUT2D eigenvalue weighted by Gasteiger charge is -1.98. The number of aryl methyl sites for hydroxylation is 1. The minimum absolute atomic E-state index is 0.922. The number of alkyl halides is 1. The Labute approximate surface area is 84.9 Å². The van der Waals surface area contributed by atoms with Gasteiger partial charge in [0.25, 0.3) is 0 Å². The average Bonchev–Trinajstić information content (AvgIpc) is 2.58. The quantitative estimate of drug-likeness (QED) is 0.770. The molecule has 1 aromatic heterocycles. The molecule has 1 aromatic carbocycles. The van der Waals surface area contributed by atoms with Gasteiger partial charge in [0.05, 0.1) is 5.52 Å². The number of nitrogens with zero attached hydrogens (tertiary/aromatic N) is 3. The van der Waals surface area contributed by atoms with E-state index in [2.05, 4.69) is 26.2 Å². The molecule has 0 atom stereocenters. The van der Waals surface area contributed by atoms with Gasteiger partial charge in [0.1, 0.15) is 5.52 Å². The van der Waals surface area contributed by atoms with Crippen molar-refractivity contribution in [2.45, 2.75) is 13.0 Å². The maximum atomic E-state index is 4.08. The maximum absolute atomic E-state index is 4.08. The molecule has 0 saturated heterocycles. The molecule has 13 heavy (non-hydrogen) atoms. The molecule has 2 aromatic rings. The molecule has 3 nitrogen and oxygen atoms in total. The molecule has 0 saturated carbocycles. The third-order valence-corrected chi connectivity index (χ3v) is 2.48. The fourth-order valence-corrected chi connectivity index (χ4v) is 1.54. The van der Waals surface area contributed by atoms with Crippen LogP contribution in [0.3, 0.4) is 0 Å². The third kappa shape index (κ3) is 1.72. The zero-order chi connectivity index (χ0) is 9.10. The van der Waals surface area contributed by atoms with Crippen molar-refractivity contribution in [3.05, 3.63) is 24.3 Å². The van der Waals surface area contributed by atoms with Crippen LogP contribution >= 0.6 is 15.9 Å². The van der Waals surface area contributed by atoms with Gasteiger partial charge in [0.2, 0.25) is 0 Å². The molecule has 1 heterocycles. The van der Waals surface area contributed by atoms with E-state index in [4.69, 9.17) is 0 Å². The molecule has 0 bridgehead atoms. The fraction of sp³-hybridized carbons (Fsp3) is 0.333. The number of para-hydroxylation sites is 1. The third-order valence-electron chi connectivity index (χ3n) is 1.92. The lowest BCUT2D eigenvalue weighted by atomic mass is 10.3. The van der Waals surface area contributed by atoms with Gasteiger partial charge in [-0.2, -0.15) is 0 Å². The second-order valence-corrected chi connectivity index (χ2v) is 3.64. The van der Waals surface area contributed by atoms with Gasteiger partial charge in [-0.1, -0.05) is 33.3 Å². The van der Waals surface area contributed by atoms with Crippen molar-refractivity contribution >= 4 is 27.0 Å². The highest BCUT2D eigenvalue weighted by Crippen LogP contribution is 2.09. The van der Waals surface area contributed by atoms with Crippen molar-refractivity contribution in [1.29, 1.82) is 0 Å². The van der Waals surface area contributed by atoms with Crippen LogP contribution in [0.5, 0.6) is 0 Å². The van der Waals surface area contributed by atoms with Crippen LogP contribution in [0.4, 0.5) is 0 Å². The summed E-state index contributed by atoms with van der Waals surface area (Å²) in [6.07, 6.45) is 1.08. The summed E-state index contributed by atoms with van der Waals surface area (Å²) in [5.41, 5.74) is 2.08. The number of benzene rings is 1. The molecule has 4 heteroatoms. The van der Waals surface area contributed by atoms with Crippen molar-refractivity contribution in [3.63, 3.8) is 0 Å². The van der Waals surface area contributed by atoms with Gasteiger partial charge in [-0.3, -0.25) is 0 Å². The van der Waals surface area contributed by atoms with Gasteiger partial charge in [0, 0.05) is 11.9 Å². The van der Waals surface area contributed by atoms with E-state index in [1.54, 1.807) is 0 Å². The number of rotatable bonds is 3. The predicted octanol–water partition coefficient (Wildman–Crippen LogP) is 2.22. The number of hydrogen-bond acceptors (Lipinski definition) is 2. The standard InChI is InChI=1S/C9H10BrN3/c10-6-3-7-13-9-5-2-1-4-8(9)11-12-13/h1-2,4-5H,3,6-7H2. The number of hydrogen-bond donors (Lipinski definition) is 0. The molecule has 0 unspecified atom stereocenters. The van der Waals surface area contributed by atoms with E-state index < -0.39 is 0 Å². The Bertz CT molecular complexity index is 396. The monoisotopic (exact) mass is 239 g/mol. The highest BCUT2D eigenvalue weighted by atomic mass is 79.9. The minimum atomic E-state index is 0.922. The second-order valence-electron chi connectivity index (χ2n) is 2.84. The molecular formula is C9H10BrN3. The van der Waals surface area contributed by atoms with Crippen LogP contribution < -0.4 is 0 Å². The van der Waals surface area contributed by atoms with E-state index in [1.807, 2.05) is 28.9 Å². The van der Waals surface area contributed by atoms with E-state index in [1.165, 1.54) is 0 Å². The maximum Gasteiger partial charge on any atom is 0.113 e. The van der Waals surface area contributed by atoms with Crippen molar-refractivity contribution < 1.29 is 0 Å². The van der Waals surface area contributed by atoms with Crippen LogP contribution in [-0.4, -0.2) is 20.3 Å². The molecule has 0 aliphatic rings. The largest absolute Gasteiger partial charge is 0.245 e. The van der Waals surface area contributed by atoms with Gasteiger partial charge in [-0.05, 0) is 18.6 Å². The van der Waals surface area contributed by atoms with E-state index in [0.29, 0.717) is 0 Å². The first kappa shape index (κ1) is 8.69. The summed E-state index contributed by atoms with van der Waals surface area (Å²) < 4.78 is 1.94. The number of aromatic nitrogens is 3. The van der Waals surface area contributed by atoms with Crippen molar-refractivity contribution in [3.8, 4) is 0 Å². The van der Waals surface area contributed by atoms with Crippen LogP contribution in [0.15, 0.2) is 24.3 Å².